The topological polar surface area (TPSA) is 90.9 Å². The van der Waals surface area contributed by atoms with Crippen molar-refractivity contribution in [1.29, 1.82) is 0 Å². The van der Waals surface area contributed by atoms with E-state index in [0.29, 0.717) is 11.1 Å². The minimum Gasteiger partial charge on any atom is -0.350 e. The Labute approximate surface area is 147 Å². The molecule has 0 atom stereocenters. The number of benzene rings is 1. The number of hydrogen-bond acceptors (Lipinski definition) is 4. The summed E-state index contributed by atoms with van der Waals surface area (Å²) in [6.45, 7) is 1.31. The number of aromatic nitrogens is 4. The van der Waals surface area contributed by atoms with Gasteiger partial charge in [0, 0.05) is 20.6 Å². The van der Waals surface area contributed by atoms with E-state index >= 15 is 0 Å². The number of nitrogens with one attached hydrogen (secondary N) is 1. The van der Waals surface area contributed by atoms with Crippen molar-refractivity contribution in [3.63, 3.8) is 0 Å². The Morgan fingerprint density at radius 2 is 2.00 bits per heavy atom. The molecule has 0 fully saturated rings. The van der Waals surface area contributed by atoms with Crippen molar-refractivity contribution in [3.05, 3.63) is 62.3 Å². The van der Waals surface area contributed by atoms with E-state index in [1.165, 1.54) is 28.6 Å². The third kappa shape index (κ3) is 3.03. The van der Waals surface area contributed by atoms with E-state index in [4.69, 9.17) is 0 Å². The largest absolute Gasteiger partial charge is 0.350 e. The average Bonchev–Trinajstić information content (AvgIpc) is 2.99. The van der Waals surface area contributed by atoms with Crippen molar-refractivity contribution in [1.82, 2.24) is 24.0 Å². The van der Waals surface area contributed by atoms with E-state index in [2.05, 4.69) is 10.3 Å². The van der Waals surface area contributed by atoms with Crippen molar-refractivity contribution in [3.8, 4) is 0 Å². The van der Waals surface area contributed by atoms with Crippen molar-refractivity contribution in [2.45, 2.75) is 20.0 Å². The molecular weight excluding hydrogens is 341 g/mol. The summed E-state index contributed by atoms with van der Waals surface area (Å²) in [5.74, 6) is -0.879. The van der Waals surface area contributed by atoms with Crippen LogP contribution in [0.1, 0.15) is 11.1 Å². The van der Waals surface area contributed by atoms with Gasteiger partial charge in [0.15, 0.2) is 11.2 Å². The first kappa shape index (κ1) is 17.6. The van der Waals surface area contributed by atoms with Crippen LogP contribution in [0.15, 0.2) is 34.1 Å². The third-order valence-electron chi connectivity index (χ3n) is 4.23. The molecule has 3 aromatic rings. The highest BCUT2D eigenvalue weighted by Crippen LogP contribution is 2.09. The summed E-state index contributed by atoms with van der Waals surface area (Å²) in [5.41, 5.74) is 0.385. The van der Waals surface area contributed by atoms with Gasteiger partial charge in [0.2, 0.25) is 5.91 Å². The van der Waals surface area contributed by atoms with Gasteiger partial charge in [-0.15, -0.1) is 0 Å². The molecule has 0 aliphatic carbocycles. The zero-order valence-corrected chi connectivity index (χ0v) is 14.6. The van der Waals surface area contributed by atoms with Gasteiger partial charge >= 0.3 is 5.69 Å². The molecule has 9 heteroatoms. The van der Waals surface area contributed by atoms with Crippen LogP contribution in [0.3, 0.4) is 0 Å². The number of imidazole rings is 1. The van der Waals surface area contributed by atoms with E-state index in [1.54, 1.807) is 26.1 Å². The summed E-state index contributed by atoms with van der Waals surface area (Å²) in [7, 11) is 3.12. The Kier molecular flexibility index (Phi) is 4.45. The third-order valence-corrected chi connectivity index (χ3v) is 4.23. The maximum Gasteiger partial charge on any atom is 0.332 e. The zero-order valence-electron chi connectivity index (χ0n) is 14.6. The molecule has 2 aromatic heterocycles. The molecule has 1 aromatic carbocycles. The lowest BCUT2D eigenvalue weighted by atomic mass is 10.1. The number of carbonyl (C=O) groups excluding carboxylic acids is 1. The Balaban J connectivity index is 1.83. The SMILES string of the molecule is Cc1ccc(CNC(=O)Cn2c(=O)c3c(ncn3C)n(C)c2=O)cc1F. The van der Waals surface area contributed by atoms with Crippen LogP contribution in [0.5, 0.6) is 0 Å². The van der Waals surface area contributed by atoms with Crippen molar-refractivity contribution < 1.29 is 9.18 Å². The predicted molar refractivity (Wildman–Crippen MR) is 93.2 cm³/mol. The van der Waals surface area contributed by atoms with E-state index in [1.807, 2.05) is 0 Å². The van der Waals surface area contributed by atoms with Crippen LogP contribution in [0.25, 0.3) is 11.2 Å². The first-order chi connectivity index (χ1) is 12.3. The highest BCUT2D eigenvalue weighted by molar-refractivity contribution is 5.76. The maximum absolute atomic E-state index is 13.5. The summed E-state index contributed by atoms with van der Waals surface area (Å²) >= 11 is 0. The standard InChI is InChI=1S/C17H18FN5O3/c1-10-4-5-11(6-12(10)18)7-19-13(24)8-23-16(25)14-15(20-9-21(14)2)22(3)17(23)26/h4-6,9H,7-8H2,1-3H3,(H,19,24). The van der Waals surface area contributed by atoms with Gasteiger partial charge in [0.1, 0.15) is 12.4 Å². The van der Waals surface area contributed by atoms with Gasteiger partial charge in [0.25, 0.3) is 5.56 Å². The molecule has 0 radical (unpaired) electrons. The van der Waals surface area contributed by atoms with Crippen LogP contribution in [0.4, 0.5) is 4.39 Å². The molecule has 0 saturated heterocycles. The summed E-state index contributed by atoms with van der Waals surface area (Å²) in [6, 6.07) is 4.65. The number of rotatable bonds is 4. The molecule has 8 nitrogen and oxygen atoms in total. The molecule has 0 saturated carbocycles. The zero-order chi connectivity index (χ0) is 19.0. The van der Waals surface area contributed by atoms with Gasteiger partial charge in [-0.3, -0.25) is 14.2 Å². The lowest BCUT2D eigenvalue weighted by Crippen LogP contribution is -2.43. The van der Waals surface area contributed by atoms with E-state index < -0.39 is 23.7 Å². The second kappa shape index (κ2) is 6.58. The fourth-order valence-electron chi connectivity index (χ4n) is 2.68. The van der Waals surface area contributed by atoms with Crippen LogP contribution in [-0.2, 0) is 32.0 Å². The Hall–Kier alpha value is -3.23. The molecular formula is C17H18FN5O3. The predicted octanol–water partition coefficient (Wildman–Crippen LogP) is 0.198. The quantitative estimate of drug-likeness (QED) is 0.720. The maximum atomic E-state index is 13.5. The minimum atomic E-state index is -0.627. The summed E-state index contributed by atoms with van der Waals surface area (Å²) in [5, 5.41) is 2.59. The van der Waals surface area contributed by atoms with Crippen molar-refractivity contribution in [2.75, 3.05) is 0 Å². The van der Waals surface area contributed by atoms with Gasteiger partial charge in [-0.25, -0.2) is 18.7 Å². The number of fused-ring (bicyclic) bond motifs is 1. The minimum absolute atomic E-state index is 0.0963. The van der Waals surface area contributed by atoms with Crippen LogP contribution >= 0.6 is 0 Å². The summed E-state index contributed by atoms with van der Waals surface area (Å²) < 4.78 is 17.1. The summed E-state index contributed by atoms with van der Waals surface area (Å²) in [4.78, 5) is 41.1. The van der Waals surface area contributed by atoms with Crippen LogP contribution in [0.2, 0.25) is 0 Å². The molecule has 0 unspecified atom stereocenters. The number of halogens is 1. The van der Waals surface area contributed by atoms with Crippen molar-refractivity contribution >= 4 is 17.1 Å². The van der Waals surface area contributed by atoms with Gasteiger partial charge in [0.05, 0.1) is 6.33 Å². The highest BCUT2D eigenvalue weighted by Gasteiger charge is 2.16. The molecule has 136 valence electrons. The molecule has 0 bridgehead atoms. The number of amides is 1. The monoisotopic (exact) mass is 359 g/mol. The van der Waals surface area contributed by atoms with E-state index in [-0.39, 0.29) is 23.5 Å². The van der Waals surface area contributed by atoms with Gasteiger partial charge in [-0.1, -0.05) is 12.1 Å². The fourth-order valence-corrected chi connectivity index (χ4v) is 2.68. The lowest BCUT2D eigenvalue weighted by molar-refractivity contribution is -0.121. The molecule has 1 N–H and O–H groups in total. The first-order valence-electron chi connectivity index (χ1n) is 7.92. The van der Waals surface area contributed by atoms with E-state index in [9.17, 15) is 18.8 Å². The summed E-state index contributed by atoms with van der Waals surface area (Å²) in [6.07, 6.45) is 1.43. The van der Waals surface area contributed by atoms with Crippen LogP contribution in [0, 0.1) is 12.7 Å². The van der Waals surface area contributed by atoms with Crippen LogP contribution in [-0.4, -0.2) is 24.6 Å². The second-order valence-electron chi connectivity index (χ2n) is 6.12. The number of hydrogen-bond donors (Lipinski definition) is 1. The Morgan fingerprint density at radius 1 is 1.27 bits per heavy atom. The van der Waals surface area contributed by atoms with Crippen molar-refractivity contribution in [2.24, 2.45) is 14.1 Å². The van der Waals surface area contributed by atoms with Gasteiger partial charge in [-0.05, 0) is 24.1 Å². The normalized spacial score (nSPS) is 11.1. The molecule has 1 amide bonds. The molecule has 26 heavy (non-hydrogen) atoms. The average molecular weight is 359 g/mol. The second-order valence-corrected chi connectivity index (χ2v) is 6.12. The molecule has 3 rings (SSSR count). The smallest absolute Gasteiger partial charge is 0.332 e. The molecule has 2 heterocycles. The van der Waals surface area contributed by atoms with Gasteiger partial charge < -0.3 is 9.88 Å². The number of nitrogens with zero attached hydrogens (tertiary/aromatic N) is 4. The molecule has 0 spiro atoms. The Bertz CT molecular complexity index is 1130. The fraction of sp³-hybridized carbons (Fsp3) is 0.294. The van der Waals surface area contributed by atoms with E-state index in [0.717, 1.165) is 4.57 Å². The number of carbonyl (C=O) groups is 1. The number of aryl methyl sites for hydroxylation is 3. The Morgan fingerprint density at radius 3 is 2.69 bits per heavy atom. The van der Waals surface area contributed by atoms with Crippen LogP contribution < -0.4 is 16.6 Å². The lowest BCUT2D eigenvalue weighted by Gasteiger charge is -2.10. The van der Waals surface area contributed by atoms with Gasteiger partial charge in [-0.2, -0.15) is 0 Å². The highest BCUT2D eigenvalue weighted by atomic mass is 19.1. The molecule has 0 aliphatic rings. The first-order valence-corrected chi connectivity index (χ1v) is 7.92. The molecule has 0 aliphatic heterocycles.